The molecule has 0 saturated carbocycles. The van der Waals surface area contributed by atoms with Crippen molar-refractivity contribution >= 4 is 34.0 Å². The third-order valence-corrected chi connectivity index (χ3v) is 5.57. The van der Waals surface area contributed by atoms with Gasteiger partial charge in [-0.25, -0.2) is 9.78 Å². The van der Waals surface area contributed by atoms with E-state index in [2.05, 4.69) is 38.1 Å². The molecule has 1 fully saturated rings. The first-order chi connectivity index (χ1) is 13.1. The van der Waals surface area contributed by atoms with Crippen molar-refractivity contribution in [2.24, 2.45) is 5.92 Å². The molecule has 1 aliphatic heterocycles. The van der Waals surface area contributed by atoms with E-state index in [1.165, 1.54) is 0 Å². The smallest absolute Gasteiger partial charge is 0.320 e. The first-order valence-electron chi connectivity index (χ1n) is 9.05. The number of rotatable bonds is 4. The number of carbonyl (C=O) groups is 1. The van der Waals surface area contributed by atoms with Crippen LogP contribution in [0.2, 0.25) is 0 Å². The highest BCUT2D eigenvalue weighted by Crippen LogP contribution is 2.27. The average Bonchev–Trinajstić information content (AvgIpc) is 3.27. The van der Waals surface area contributed by atoms with Crippen LogP contribution in [0.15, 0.2) is 30.5 Å². The van der Waals surface area contributed by atoms with Gasteiger partial charge in [-0.15, -0.1) is 10.2 Å². The number of pyridine rings is 1. The van der Waals surface area contributed by atoms with Crippen LogP contribution in [0.25, 0.3) is 21.3 Å². The highest BCUT2D eigenvalue weighted by molar-refractivity contribution is 7.14. The number of urea groups is 1. The third-order valence-electron chi connectivity index (χ3n) is 4.69. The van der Waals surface area contributed by atoms with Crippen LogP contribution in [0.4, 0.5) is 10.6 Å². The molecule has 2 atom stereocenters. The summed E-state index contributed by atoms with van der Waals surface area (Å²) in [7, 11) is 0. The molecule has 3 heterocycles. The molecule has 0 unspecified atom stereocenters. The number of amides is 2. The maximum absolute atomic E-state index is 12.2. The Morgan fingerprint density at radius 1 is 1.30 bits per heavy atom. The molecule has 3 aromatic rings. The minimum Gasteiger partial charge on any atom is -0.336 e. The first-order valence-corrected chi connectivity index (χ1v) is 9.87. The monoisotopic (exact) mass is 382 g/mol. The number of nitrogens with zero attached hydrogens (tertiary/aromatic N) is 3. The molecule has 140 valence electrons. The fourth-order valence-corrected chi connectivity index (χ4v) is 4.00. The molecule has 1 aliphatic rings. The van der Waals surface area contributed by atoms with Crippen LogP contribution in [0.1, 0.15) is 18.4 Å². The van der Waals surface area contributed by atoms with Gasteiger partial charge in [0.25, 0.3) is 0 Å². The Morgan fingerprint density at radius 3 is 2.93 bits per heavy atom. The summed E-state index contributed by atoms with van der Waals surface area (Å²) in [4.78, 5) is 16.5. The van der Waals surface area contributed by atoms with Gasteiger partial charge in [0.05, 0.1) is 0 Å². The van der Waals surface area contributed by atoms with Crippen molar-refractivity contribution < 1.29 is 4.79 Å². The molecule has 0 radical (unpaired) electrons. The van der Waals surface area contributed by atoms with Crippen LogP contribution in [0.3, 0.4) is 0 Å². The van der Waals surface area contributed by atoms with E-state index in [0.717, 1.165) is 39.3 Å². The number of anilines is 1. The van der Waals surface area contributed by atoms with E-state index in [0.29, 0.717) is 24.3 Å². The molecule has 0 bridgehead atoms. The van der Waals surface area contributed by atoms with Gasteiger partial charge in [-0.2, -0.15) is 0 Å². The Labute approximate surface area is 161 Å². The van der Waals surface area contributed by atoms with Crippen LogP contribution < -0.4 is 16.0 Å². The van der Waals surface area contributed by atoms with Gasteiger partial charge in [0.1, 0.15) is 15.8 Å². The van der Waals surface area contributed by atoms with Gasteiger partial charge in [0, 0.05) is 29.7 Å². The summed E-state index contributed by atoms with van der Waals surface area (Å²) in [5.41, 5.74) is 1.01. The zero-order valence-electron chi connectivity index (χ0n) is 15.3. The van der Waals surface area contributed by atoms with Gasteiger partial charge >= 0.3 is 6.03 Å². The average molecular weight is 382 g/mol. The quantitative estimate of drug-likeness (QED) is 0.645. The van der Waals surface area contributed by atoms with Crippen LogP contribution in [0.5, 0.6) is 0 Å². The second-order valence-corrected chi connectivity index (χ2v) is 8.22. The minimum atomic E-state index is -0.237. The van der Waals surface area contributed by atoms with Crippen molar-refractivity contribution in [3.63, 3.8) is 0 Å². The second-order valence-electron chi connectivity index (χ2n) is 7.04. The largest absolute Gasteiger partial charge is 0.336 e. The second kappa shape index (κ2) is 7.58. The molecule has 1 saturated heterocycles. The Kier molecular flexibility index (Phi) is 5.00. The summed E-state index contributed by atoms with van der Waals surface area (Å²) in [6, 6.07) is 8.05. The Bertz CT molecular complexity index is 972. The van der Waals surface area contributed by atoms with Crippen molar-refractivity contribution in [1.29, 1.82) is 0 Å². The normalized spacial score (nSPS) is 19.3. The Balaban J connectivity index is 1.44. The number of aryl methyl sites for hydroxylation is 1. The summed E-state index contributed by atoms with van der Waals surface area (Å²) >= 11 is 1.56. The number of benzene rings is 1. The number of hydrogen-bond donors (Lipinski definition) is 3. The Hall–Kier alpha value is -2.58. The highest BCUT2D eigenvalue weighted by Gasteiger charge is 2.20. The summed E-state index contributed by atoms with van der Waals surface area (Å²) in [6.07, 6.45) is 2.85. The molecule has 27 heavy (non-hydrogen) atoms. The van der Waals surface area contributed by atoms with E-state index in [1.807, 2.05) is 31.2 Å². The summed E-state index contributed by atoms with van der Waals surface area (Å²) in [5, 5.41) is 21.2. The Morgan fingerprint density at radius 2 is 2.19 bits per heavy atom. The topological polar surface area (TPSA) is 91.8 Å². The number of fused-ring (bicyclic) bond motifs is 1. The lowest BCUT2D eigenvalue weighted by Crippen LogP contribution is -2.39. The van der Waals surface area contributed by atoms with Crippen LogP contribution >= 0.6 is 11.3 Å². The number of hydrogen-bond acceptors (Lipinski definition) is 6. The first kappa shape index (κ1) is 17.8. The molecule has 2 aromatic heterocycles. The maximum atomic E-state index is 12.2. The van der Waals surface area contributed by atoms with Gasteiger partial charge in [-0.05, 0) is 43.3 Å². The van der Waals surface area contributed by atoms with E-state index >= 15 is 0 Å². The molecule has 0 aliphatic carbocycles. The van der Waals surface area contributed by atoms with E-state index in [-0.39, 0.29) is 6.03 Å². The zero-order valence-corrected chi connectivity index (χ0v) is 16.1. The van der Waals surface area contributed by atoms with Gasteiger partial charge < -0.3 is 10.6 Å². The van der Waals surface area contributed by atoms with E-state index in [9.17, 15) is 4.79 Å². The SMILES string of the molecule is Cc1nnc(-c2ccc3cnc(NC(=O)NC[C@H]4C[C@H](C)CN4)cc3c2)s1. The highest BCUT2D eigenvalue weighted by atomic mass is 32.1. The van der Waals surface area contributed by atoms with Gasteiger partial charge in [0.15, 0.2) is 0 Å². The fraction of sp³-hybridized carbons (Fsp3) is 0.368. The molecule has 7 nitrogen and oxygen atoms in total. The molecule has 3 N–H and O–H groups in total. The number of aromatic nitrogens is 3. The summed E-state index contributed by atoms with van der Waals surface area (Å²) in [6.45, 7) is 5.78. The molecule has 4 rings (SSSR count). The van der Waals surface area contributed by atoms with Gasteiger partial charge in [0.2, 0.25) is 0 Å². The van der Waals surface area contributed by atoms with Crippen molar-refractivity contribution in [3.8, 4) is 10.6 Å². The van der Waals surface area contributed by atoms with Crippen molar-refractivity contribution in [2.75, 3.05) is 18.4 Å². The minimum absolute atomic E-state index is 0.237. The molecule has 1 aromatic carbocycles. The van der Waals surface area contributed by atoms with E-state index < -0.39 is 0 Å². The van der Waals surface area contributed by atoms with Gasteiger partial charge in [-0.1, -0.05) is 30.4 Å². The predicted octanol–water partition coefficient (Wildman–Crippen LogP) is 3.18. The molecular formula is C19H22N6OS. The van der Waals surface area contributed by atoms with Crippen LogP contribution in [-0.4, -0.2) is 40.3 Å². The summed E-state index contributed by atoms with van der Waals surface area (Å²) < 4.78 is 0. The van der Waals surface area contributed by atoms with Crippen molar-refractivity contribution in [3.05, 3.63) is 35.5 Å². The lowest BCUT2D eigenvalue weighted by molar-refractivity contribution is 0.251. The molecule has 8 heteroatoms. The van der Waals surface area contributed by atoms with Crippen molar-refractivity contribution in [1.82, 2.24) is 25.8 Å². The zero-order chi connectivity index (χ0) is 18.8. The lowest BCUT2D eigenvalue weighted by Gasteiger charge is -2.12. The maximum Gasteiger partial charge on any atom is 0.320 e. The number of carbonyl (C=O) groups excluding carboxylic acids is 1. The lowest BCUT2D eigenvalue weighted by atomic mass is 10.1. The van der Waals surface area contributed by atoms with Crippen molar-refractivity contribution in [2.45, 2.75) is 26.3 Å². The van der Waals surface area contributed by atoms with Crippen LogP contribution in [-0.2, 0) is 0 Å². The third kappa shape index (κ3) is 4.23. The van der Waals surface area contributed by atoms with E-state index in [1.54, 1.807) is 17.5 Å². The molecular weight excluding hydrogens is 360 g/mol. The molecule has 2 amide bonds. The number of nitrogens with one attached hydrogen (secondary N) is 3. The van der Waals surface area contributed by atoms with Crippen LogP contribution in [0, 0.1) is 12.8 Å². The van der Waals surface area contributed by atoms with Gasteiger partial charge in [-0.3, -0.25) is 5.32 Å². The standard InChI is InChI=1S/C19H22N6OS/c1-11-5-16(20-8-11)10-22-19(26)23-17-7-15-6-13(3-4-14(15)9-21-17)18-25-24-12(2)27-18/h3-4,6-7,9,11,16,20H,5,8,10H2,1-2H3,(H2,21,22,23,26)/t11-,16+/m0/s1. The predicted molar refractivity (Wildman–Crippen MR) is 108 cm³/mol. The van der Waals surface area contributed by atoms with E-state index in [4.69, 9.17) is 0 Å². The fourth-order valence-electron chi connectivity index (χ4n) is 3.31. The summed E-state index contributed by atoms with van der Waals surface area (Å²) in [5.74, 6) is 1.19. The molecule has 0 spiro atoms.